The van der Waals surface area contributed by atoms with Crippen LogP contribution in [-0.2, 0) is 9.53 Å². The summed E-state index contributed by atoms with van der Waals surface area (Å²) in [6, 6.07) is 0. The van der Waals surface area contributed by atoms with Crippen LogP contribution in [0.15, 0.2) is 0 Å². The Kier molecular flexibility index (Phi) is 5.59. The van der Waals surface area contributed by atoms with Gasteiger partial charge in [0.1, 0.15) is 0 Å². The summed E-state index contributed by atoms with van der Waals surface area (Å²) in [5.41, 5.74) is 0.614. The minimum atomic E-state index is -0.202. The van der Waals surface area contributed by atoms with Crippen LogP contribution in [0.5, 0.6) is 0 Å². The summed E-state index contributed by atoms with van der Waals surface area (Å²) in [5, 5.41) is 21.4. The number of esters is 1. The molecule has 0 radical (unpaired) electrons. The van der Waals surface area contributed by atoms with Crippen LogP contribution in [0.25, 0.3) is 0 Å². The van der Waals surface area contributed by atoms with E-state index in [1.54, 1.807) is 0 Å². The van der Waals surface area contributed by atoms with E-state index in [-0.39, 0.29) is 18.2 Å². The standard InChI is InChI=1S/C24H40O4/c1-23-12-10-19-22(18(23)8-7-15(23)5-4-6-21(27)28-3)20(26)14-16-13-17(25)9-11-24(16,19)2/h15-20,22,25-26H,4-14H2,1-3H3. The molecule has 4 aliphatic rings. The van der Waals surface area contributed by atoms with Crippen LogP contribution >= 0.6 is 0 Å². The van der Waals surface area contributed by atoms with Crippen molar-refractivity contribution in [1.82, 2.24) is 0 Å². The molecule has 28 heavy (non-hydrogen) atoms. The predicted octanol–water partition coefficient (Wildman–Crippen LogP) is 4.32. The molecule has 0 heterocycles. The summed E-state index contributed by atoms with van der Waals surface area (Å²) in [4.78, 5) is 11.5. The van der Waals surface area contributed by atoms with Crippen molar-refractivity contribution in [3.8, 4) is 0 Å². The first-order chi connectivity index (χ1) is 13.3. The number of aliphatic hydroxyl groups excluding tert-OH is 2. The molecular weight excluding hydrogens is 352 g/mol. The van der Waals surface area contributed by atoms with E-state index in [2.05, 4.69) is 13.8 Å². The molecule has 0 aromatic heterocycles. The van der Waals surface area contributed by atoms with Crippen LogP contribution in [0.3, 0.4) is 0 Å². The van der Waals surface area contributed by atoms with Crippen molar-refractivity contribution < 1.29 is 19.7 Å². The fourth-order valence-electron chi connectivity index (χ4n) is 8.38. The molecule has 9 atom stereocenters. The van der Waals surface area contributed by atoms with E-state index in [9.17, 15) is 15.0 Å². The van der Waals surface area contributed by atoms with Crippen LogP contribution in [0.2, 0.25) is 0 Å². The van der Waals surface area contributed by atoms with Crippen molar-refractivity contribution in [3.05, 3.63) is 0 Å². The third kappa shape index (κ3) is 3.23. The fraction of sp³-hybridized carbons (Fsp3) is 0.958. The van der Waals surface area contributed by atoms with E-state index in [0.29, 0.717) is 46.8 Å². The van der Waals surface area contributed by atoms with Gasteiger partial charge in [-0.2, -0.15) is 0 Å². The number of hydrogen-bond donors (Lipinski definition) is 2. The van der Waals surface area contributed by atoms with E-state index in [1.165, 1.54) is 32.8 Å². The molecule has 4 rings (SSSR count). The molecule has 0 amide bonds. The Morgan fingerprint density at radius 3 is 2.46 bits per heavy atom. The number of ether oxygens (including phenoxy) is 1. The minimum Gasteiger partial charge on any atom is -0.469 e. The van der Waals surface area contributed by atoms with E-state index >= 15 is 0 Å². The zero-order valence-electron chi connectivity index (χ0n) is 18.0. The van der Waals surface area contributed by atoms with Crippen LogP contribution in [0, 0.1) is 40.4 Å². The van der Waals surface area contributed by atoms with Gasteiger partial charge in [0, 0.05) is 6.42 Å². The van der Waals surface area contributed by atoms with Crippen LogP contribution in [-0.4, -0.2) is 35.5 Å². The largest absolute Gasteiger partial charge is 0.469 e. The number of aliphatic hydroxyl groups is 2. The second kappa shape index (κ2) is 7.58. The zero-order valence-corrected chi connectivity index (χ0v) is 18.0. The van der Waals surface area contributed by atoms with Crippen molar-refractivity contribution in [1.29, 1.82) is 0 Å². The maximum Gasteiger partial charge on any atom is 0.305 e. The monoisotopic (exact) mass is 392 g/mol. The molecule has 2 N–H and O–H groups in total. The highest BCUT2D eigenvalue weighted by molar-refractivity contribution is 5.68. The minimum absolute atomic E-state index is 0.0930. The number of fused-ring (bicyclic) bond motifs is 5. The quantitative estimate of drug-likeness (QED) is 0.699. The normalized spacial score (nSPS) is 50.4. The first kappa shape index (κ1) is 20.7. The van der Waals surface area contributed by atoms with Crippen LogP contribution in [0.1, 0.15) is 84.5 Å². The van der Waals surface area contributed by atoms with Crippen molar-refractivity contribution in [2.75, 3.05) is 7.11 Å². The Labute approximate surface area is 170 Å². The first-order valence-corrected chi connectivity index (χ1v) is 11.7. The summed E-state index contributed by atoms with van der Waals surface area (Å²) in [5.74, 6) is 2.73. The highest BCUT2D eigenvalue weighted by Gasteiger charge is 2.62. The Balaban J connectivity index is 1.49. The Bertz CT molecular complexity index is 591. The van der Waals surface area contributed by atoms with Gasteiger partial charge in [-0.1, -0.05) is 13.8 Å². The second-order valence-corrected chi connectivity index (χ2v) is 11.0. The average molecular weight is 393 g/mol. The second-order valence-electron chi connectivity index (χ2n) is 11.0. The molecule has 0 saturated heterocycles. The summed E-state index contributed by atoms with van der Waals surface area (Å²) in [7, 11) is 1.47. The number of methoxy groups -OCH3 is 1. The molecule has 0 bridgehead atoms. The fourth-order valence-corrected chi connectivity index (χ4v) is 8.38. The molecule has 9 unspecified atom stereocenters. The molecule has 4 aliphatic carbocycles. The molecular formula is C24H40O4. The Hall–Kier alpha value is -0.610. The molecule has 4 fully saturated rings. The van der Waals surface area contributed by atoms with Gasteiger partial charge in [0.05, 0.1) is 19.3 Å². The van der Waals surface area contributed by atoms with Crippen molar-refractivity contribution in [2.24, 2.45) is 40.4 Å². The van der Waals surface area contributed by atoms with Gasteiger partial charge in [-0.25, -0.2) is 0 Å². The maximum atomic E-state index is 11.5. The lowest BCUT2D eigenvalue weighted by Crippen LogP contribution is -2.58. The lowest BCUT2D eigenvalue weighted by atomic mass is 9.44. The third-order valence-corrected chi connectivity index (χ3v) is 10.0. The van der Waals surface area contributed by atoms with Crippen molar-refractivity contribution >= 4 is 5.97 Å². The molecule has 0 aromatic rings. The van der Waals surface area contributed by atoms with E-state index in [1.807, 2.05) is 0 Å². The molecule has 4 nitrogen and oxygen atoms in total. The predicted molar refractivity (Wildman–Crippen MR) is 108 cm³/mol. The smallest absolute Gasteiger partial charge is 0.305 e. The summed E-state index contributed by atoms with van der Waals surface area (Å²) in [6.45, 7) is 4.95. The molecule has 0 spiro atoms. The Morgan fingerprint density at radius 1 is 1.00 bits per heavy atom. The lowest BCUT2D eigenvalue weighted by Gasteiger charge is -2.62. The van der Waals surface area contributed by atoms with Gasteiger partial charge in [0.2, 0.25) is 0 Å². The number of carbonyl (C=O) groups excluding carboxylic acids is 1. The van der Waals surface area contributed by atoms with E-state index < -0.39 is 0 Å². The first-order valence-electron chi connectivity index (χ1n) is 11.7. The summed E-state index contributed by atoms with van der Waals surface area (Å²) < 4.78 is 4.81. The molecule has 4 heteroatoms. The van der Waals surface area contributed by atoms with E-state index in [4.69, 9.17) is 4.74 Å². The molecule has 0 aromatic carbocycles. The van der Waals surface area contributed by atoms with Crippen molar-refractivity contribution in [2.45, 2.75) is 96.7 Å². The van der Waals surface area contributed by atoms with Crippen LogP contribution in [0.4, 0.5) is 0 Å². The lowest BCUT2D eigenvalue weighted by molar-refractivity contribution is -0.172. The highest BCUT2D eigenvalue weighted by Crippen LogP contribution is 2.67. The van der Waals surface area contributed by atoms with Gasteiger partial charge in [0.25, 0.3) is 0 Å². The molecule has 0 aliphatic heterocycles. The molecule has 4 saturated carbocycles. The van der Waals surface area contributed by atoms with Gasteiger partial charge in [-0.05, 0) is 105 Å². The number of hydrogen-bond acceptors (Lipinski definition) is 4. The third-order valence-electron chi connectivity index (χ3n) is 10.0. The number of rotatable bonds is 4. The topological polar surface area (TPSA) is 66.8 Å². The van der Waals surface area contributed by atoms with Crippen molar-refractivity contribution in [3.63, 3.8) is 0 Å². The van der Waals surface area contributed by atoms with E-state index in [0.717, 1.165) is 38.5 Å². The van der Waals surface area contributed by atoms with Gasteiger partial charge in [-0.15, -0.1) is 0 Å². The van der Waals surface area contributed by atoms with Gasteiger partial charge in [-0.3, -0.25) is 4.79 Å². The average Bonchev–Trinajstić information content (AvgIpc) is 2.99. The molecule has 160 valence electrons. The van der Waals surface area contributed by atoms with Gasteiger partial charge < -0.3 is 14.9 Å². The summed E-state index contributed by atoms with van der Waals surface area (Å²) >= 11 is 0. The highest BCUT2D eigenvalue weighted by atomic mass is 16.5. The van der Waals surface area contributed by atoms with Gasteiger partial charge >= 0.3 is 5.97 Å². The summed E-state index contributed by atoms with van der Waals surface area (Å²) in [6.07, 6.45) is 11.0. The van der Waals surface area contributed by atoms with Crippen LogP contribution < -0.4 is 0 Å². The SMILES string of the molecule is COC(=O)CCCC1CCC2C3C(O)CC4CC(O)CCC4(C)C3CCC12C. The Morgan fingerprint density at radius 2 is 1.71 bits per heavy atom. The maximum absolute atomic E-state index is 11.5. The zero-order chi connectivity index (χ0) is 20.1. The van der Waals surface area contributed by atoms with Gasteiger partial charge in [0.15, 0.2) is 0 Å². The number of carbonyl (C=O) groups is 1.